The lowest BCUT2D eigenvalue weighted by molar-refractivity contribution is 0.148. The van der Waals surface area contributed by atoms with Crippen LogP contribution in [0.5, 0.6) is 0 Å². The second-order valence-corrected chi connectivity index (χ2v) is 6.13. The summed E-state index contributed by atoms with van der Waals surface area (Å²) >= 11 is 0. The molecule has 0 spiro atoms. The minimum atomic E-state index is 0.430. The topological polar surface area (TPSA) is 15.3 Å². The predicted octanol–water partition coefficient (Wildman–Crippen LogP) is 2.64. The Bertz CT molecular complexity index is 215. The Kier molecular flexibility index (Phi) is 3.91. The summed E-state index contributed by atoms with van der Waals surface area (Å²) in [5, 5.41) is 3.76. The lowest BCUT2D eigenvalue weighted by Crippen LogP contribution is -2.51. The van der Waals surface area contributed by atoms with Crippen molar-refractivity contribution in [1.29, 1.82) is 0 Å². The van der Waals surface area contributed by atoms with Gasteiger partial charge in [0, 0.05) is 24.7 Å². The zero-order chi connectivity index (χ0) is 11.6. The number of hydrogen-bond donors (Lipinski definition) is 1. The molecule has 2 heteroatoms. The minimum absolute atomic E-state index is 0.430. The van der Waals surface area contributed by atoms with Gasteiger partial charge < -0.3 is 5.32 Å². The maximum absolute atomic E-state index is 3.76. The highest BCUT2D eigenvalue weighted by Crippen LogP contribution is 2.32. The third-order valence-corrected chi connectivity index (χ3v) is 4.43. The van der Waals surface area contributed by atoms with E-state index in [-0.39, 0.29) is 0 Å². The van der Waals surface area contributed by atoms with Crippen LogP contribution in [0.1, 0.15) is 52.9 Å². The highest BCUT2D eigenvalue weighted by atomic mass is 15.2. The summed E-state index contributed by atoms with van der Waals surface area (Å²) in [6.45, 7) is 10.9. The quantitative estimate of drug-likeness (QED) is 0.746. The number of nitrogens with zero attached hydrogens (tertiary/aromatic N) is 1. The first-order valence-corrected chi connectivity index (χ1v) is 7.14. The molecule has 0 bridgehead atoms. The van der Waals surface area contributed by atoms with Gasteiger partial charge in [0.25, 0.3) is 0 Å². The van der Waals surface area contributed by atoms with Gasteiger partial charge in [-0.2, -0.15) is 0 Å². The highest BCUT2D eigenvalue weighted by Gasteiger charge is 2.35. The Hall–Kier alpha value is -0.0800. The summed E-state index contributed by atoms with van der Waals surface area (Å²) in [7, 11) is 0. The predicted molar refractivity (Wildman–Crippen MR) is 69.7 cm³/mol. The molecule has 2 nitrogen and oxygen atoms in total. The molecule has 1 saturated heterocycles. The first-order chi connectivity index (χ1) is 7.65. The van der Waals surface area contributed by atoms with Gasteiger partial charge >= 0.3 is 0 Å². The fourth-order valence-electron chi connectivity index (χ4n) is 2.90. The van der Waals surface area contributed by atoms with Crippen molar-refractivity contribution in [3.05, 3.63) is 0 Å². The average molecular weight is 224 g/mol. The summed E-state index contributed by atoms with van der Waals surface area (Å²) in [6.07, 6.45) is 6.95. The van der Waals surface area contributed by atoms with E-state index in [1.807, 2.05) is 0 Å². The SMILES string of the molecule is CCC1(CN(CC2CC2)C(C)C)CCCN1. The van der Waals surface area contributed by atoms with E-state index in [1.54, 1.807) is 0 Å². The Morgan fingerprint density at radius 2 is 2.12 bits per heavy atom. The van der Waals surface area contributed by atoms with Crippen LogP contribution in [0.3, 0.4) is 0 Å². The van der Waals surface area contributed by atoms with E-state index >= 15 is 0 Å². The van der Waals surface area contributed by atoms with Crippen molar-refractivity contribution in [2.45, 2.75) is 64.5 Å². The molecule has 2 aliphatic rings. The summed E-state index contributed by atoms with van der Waals surface area (Å²) < 4.78 is 0. The molecule has 1 saturated carbocycles. The molecule has 1 heterocycles. The van der Waals surface area contributed by atoms with Gasteiger partial charge in [0.2, 0.25) is 0 Å². The van der Waals surface area contributed by atoms with E-state index in [0.717, 1.165) is 5.92 Å². The van der Waals surface area contributed by atoms with Crippen molar-refractivity contribution >= 4 is 0 Å². The minimum Gasteiger partial charge on any atom is -0.310 e. The molecule has 0 aromatic rings. The molecule has 1 aliphatic carbocycles. The van der Waals surface area contributed by atoms with Crippen LogP contribution in [-0.4, -0.2) is 36.1 Å². The molecule has 0 aromatic heterocycles. The molecule has 1 unspecified atom stereocenters. The first kappa shape index (κ1) is 12.4. The molecule has 1 aliphatic heterocycles. The average Bonchev–Trinajstić information content (AvgIpc) is 2.95. The Labute approximate surface area is 101 Å². The van der Waals surface area contributed by atoms with Gasteiger partial charge in [0.1, 0.15) is 0 Å². The van der Waals surface area contributed by atoms with Crippen LogP contribution in [0.4, 0.5) is 0 Å². The van der Waals surface area contributed by atoms with Gasteiger partial charge in [-0.3, -0.25) is 4.90 Å². The van der Waals surface area contributed by atoms with Crippen molar-refractivity contribution < 1.29 is 0 Å². The van der Waals surface area contributed by atoms with E-state index in [1.165, 1.54) is 51.7 Å². The van der Waals surface area contributed by atoms with Crippen LogP contribution < -0.4 is 5.32 Å². The fourth-order valence-corrected chi connectivity index (χ4v) is 2.90. The smallest absolute Gasteiger partial charge is 0.0306 e. The highest BCUT2D eigenvalue weighted by molar-refractivity contribution is 4.95. The third kappa shape index (κ3) is 2.98. The Morgan fingerprint density at radius 3 is 2.56 bits per heavy atom. The van der Waals surface area contributed by atoms with Crippen molar-refractivity contribution in [2.75, 3.05) is 19.6 Å². The van der Waals surface area contributed by atoms with Crippen molar-refractivity contribution in [3.63, 3.8) is 0 Å². The third-order valence-electron chi connectivity index (χ3n) is 4.43. The molecule has 1 atom stereocenters. The number of hydrogen-bond acceptors (Lipinski definition) is 2. The second-order valence-electron chi connectivity index (χ2n) is 6.13. The molecule has 94 valence electrons. The van der Waals surface area contributed by atoms with Gasteiger partial charge in [-0.05, 0) is 58.4 Å². The summed E-state index contributed by atoms with van der Waals surface area (Å²) in [5.74, 6) is 1.01. The normalized spacial score (nSPS) is 30.6. The summed E-state index contributed by atoms with van der Waals surface area (Å²) in [6, 6.07) is 0.700. The molecular weight excluding hydrogens is 196 g/mol. The van der Waals surface area contributed by atoms with Crippen molar-refractivity contribution in [1.82, 2.24) is 10.2 Å². The summed E-state index contributed by atoms with van der Waals surface area (Å²) in [4.78, 5) is 2.71. The van der Waals surface area contributed by atoms with Crippen LogP contribution >= 0.6 is 0 Å². The zero-order valence-electron chi connectivity index (χ0n) is 11.3. The lowest BCUT2D eigenvalue weighted by atomic mass is 9.93. The molecule has 0 aromatic carbocycles. The largest absolute Gasteiger partial charge is 0.310 e. The van der Waals surface area contributed by atoms with E-state index in [9.17, 15) is 0 Å². The molecule has 2 fully saturated rings. The van der Waals surface area contributed by atoms with Crippen molar-refractivity contribution in [2.24, 2.45) is 5.92 Å². The van der Waals surface area contributed by atoms with Crippen LogP contribution in [0.2, 0.25) is 0 Å². The first-order valence-electron chi connectivity index (χ1n) is 7.14. The molecule has 1 N–H and O–H groups in total. The molecule has 2 rings (SSSR count). The monoisotopic (exact) mass is 224 g/mol. The summed E-state index contributed by atoms with van der Waals surface area (Å²) in [5.41, 5.74) is 0.430. The number of rotatable bonds is 6. The zero-order valence-corrected chi connectivity index (χ0v) is 11.3. The van der Waals surface area contributed by atoms with Crippen LogP contribution in [0.25, 0.3) is 0 Å². The van der Waals surface area contributed by atoms with Gasteiger partial charge in [-0.15, -0.1) is 0 Å². The van der Waals surface area contributed by atoms with Crippen molar-refractivity contribution in [3.8, 4) is 0 Å². The maximum atomic E-state index is 3.76. The Balaban J connectivity index is 1.91. The fraction of sp³-hybridized carbons (Fsp3) is 1.00. The van der Waals surface area contributed by atoms with E-state index in [4.69, 9.17) is 0 Å². The van der Waals surface area contributed by atoms with Crippen LogP contribution in [-0.2, 0) is 0 Å². The Morgan fingerprint density at radius 1 is 1.38 bits per heavy atom. The standard InChI is InChI=1S/C14H28N2/c1-4-14(8-5-9-15-14)11-16(12(2)3)10-13-6-7-13/h12-13,15H,4-11H2,1-3H3. The molecular formula is C14H28N2. The molecule has 0 amide bonds. The van der Waals surface area contributed by atoms with Gasteiger partial charge in [0.05, 0.1) is 0 Å². The second kappa shape index (κ2) is 5.05. The van der Waals surface area contributed by atoms with E-state index < -0.39 is 0 Å². The van der Waals surface area contributed by atoms with E-state index in [0.29, 0.717) is 11.6 Å². The van der Waals surface area contributed by atoms with Gasteiger partial charge in [0.15, 0.2) is 0 Å². The number of nitrogens with one attached hydrogen (secondary N) is 1. The van der Waals surface area contributed by atoms with Crippen LogP contribution in [0, 0.1) is 5.92 Å². The maximum Gasteiger partial charge on any atom is 0.0306 e. The molecule has 16 heavy (non-hydrogen) atoms. The van der Waals surface area contributed by atoms with E-state index in [2.05, 4.69) is 31.0 Å². The molecule has 0 radical (unpaired) electrons. The van der Waals surface area contributed by atoms with Crippen LogP contribution in [0.15, 0.2) is 0 Å². The van der Waals surface area contributed by atoms with Gasteiger partial charge in [-0.1, -0.05) is 6.92 Å². The lowest BCUT2D eigenvalue weighted by Gasteiger charge is -2.37. The van der Waals surface area contributed by atoms with Gasteiger partial charge in [-0.25, -0.2) is 0 Å².